The first-order valence-corrected chi connectivity index (χ1v) is 6.52. The minimum absolute atomic E-state index is 0.750. The summed E-state index contributed by atoms with van der Waals surface area (Å²) in [5.74, 6) is 1.80. The fourth-order valence-corrected chi connectivity index (χ4v) is 2.20. The van der Waals surface area contributed by atoms with Crippen molar-refractivity contribution in [2.45, 2.75) is 26.2 Å². The van der Waals surface area contributed by atoms with Gasteiger partial charge in [0.05, 0.1) is 12.1 Å². The van der Waals surface area contributed by atoms with Crippen LogP contribution in [0.15, 0.2) is 24.3 Å². The number of fused-ring (bicyclic) bond motifs is 1. The van der Waals surface area contributed by atoms with E-state index in [1.807, 2.05) is 31.2 Å². The lowest BCUT2D eigenvalue weighted by Gasteiger charge is -2.10. The van der Waals surface area contributed by atoms with Crippen molar-refractivity contribution in [1.29, 1.82) is 0 Å². The van der Waals surface area contributed by atoms with Gasteiger partial charge in [-0.05, 0) is 37.5 Å². The highest BCUT2D eigenvalue weighted by Crippen LogP contribution is 2.33. The Kier molecular flexibility index (Phi) is 2.82. The Morgan fingerprint density at radius 1 is 1.33 bits per heavy atom. The summed E-state index contributed by atoms with van der Waals surface area (Å²) in [5, 5.41) is 1.01. The van der Waals surface area contributed by atoms with Crippen LogP contribution in [-0.2, 0) is 0 Å². The zero-order valence-electron chi connectivity index (χ0n) is 10.6. The molecule has 2 aromatic rings. The number of rotatable bonds is 4. The van der Waals surface area contributed by atoms with Crippen molar-refractivity contribution in [3.05, 3.63) is 30.0 Å². The molecule has 1 heterocycles. The lowest BCUT2D eigenvalue weighted by Crippen LogP contribution is -2.00. The second-order valence-corrected chi connectivity index (χ2v) is 5.12. The summed E-state index contributed by atoms with van der Waals surface area (Å²) in [6.45, 7) is 2.78. The van der Waals surface area contributed by atoms with Gasteiger partial charge in [0.1, 0.15) is 5.75 Å². The van der Waals surface area contributed by atoms with Crippen LogP contribution < -0.4 is 10.5 Å². The van der Waals surface area contributed by atoms with Crippen molar-refractivity contribution in [3.63, 3.8) is 0 Å². The van der Waals surface area contributed by atoms with E-state index in [2.05, 4.69) is 4.98 Å². The van der Waals surface area contributed by atoms with Gasteiger partial charge in [-0.25, -0.2) is 0 Å². The minimum Gasteiger partial charge on any atom is -0.493 e. The van der Waals surface area contributed by atoms with Crippen molar-refractivity contribution in [1.82, 2.24) is 4.98 Å². The van der Waals surface area contributed by atoms with Crippen LogP contribution >= 0.6 is 0 Å². The van der Waals surface area contributed by atoms with Crippen LogP contribution in [0.25, 0.3) is 10.9 Å². The predicted octanol–water partition coefficient (Wildman–Crippen LogP) is 3.30. The predicted molar refractivity (Wildman–Crippen MR) is 73.7 cm³/mol. The molecule has 3 rings (SSSR count). The lowest BCUT2D eigenvalue weighted by molar-refractivity contribution is 0.305. The molecule has 2 N–H and O–H groups in total. The van der Waals surface area contributed by atoms with E-state index in [-0.39, 0.29) is 0 Å². The van der Waals surface area contributed by atoms with E-state index in [1.165, 1.54) is 12.8 Å². The number of ether oxygens (including phenoxy) is 1. The van der Waals surface area contributed by atoms with Gasteiger partial charge in [-0.15, -0.1) is 0 Å². The normalized spacial score (nSPS) is 14.9. The molecule has 0 radical (unpaired) electrons. The average molecular weight is 242 g/mol. The first-order chi connectivity index (χ1) is 8.72. The molecule has 1 aliphatic carbocycles. The van der Waals surface area contributed by atoms with E-state index in [1.54, 1.807) is 0 Å². The van der Waals surface area contributed by atoms with E-state index in [4.69, 9.17) is 10.5 Å². The minimum atomic E-state index is 0.750. The van der Waals surface area contributed by atoms with Crippen molar-refractivity contribution >= 4 is 16.6 Å². The Labute approximate surface area is 107 Å². The van der Waals surface area contributed by atoms with E-state index in [0.29, 0.717) is 0 Å². The molecule has 1 saturated carbocycles. The van der Waals surface area contributed by atoms with Crippen LogP contribution in [0.5, 0.6) is 5.75 Å². The fraction of sp³-hybridized carbons (Fsp3) is 0.400. The molecule has 1 aromatic heterocycles. The topological polar surface area (TPSA) is 48.1 Å². The number of anilines is 1. The lowest BCUT2D eigenvalue weighted by atomic mass is 10.1. The van der Waals surface area contributed by atoms with Crippen molar-refractivity contribution in [2.75, 3.05) is 12.3 Å². The number of benzene rings is 1. The molecule has 0 bridgehead atoms. The molecule has 0 spiro atoms. The third kappa shape index (κ3) is 2.40. The molecule has 0 unspecified atom stereocenters. The highest BCUT2D eigenvalue weighted by molar-refractivity contribution is 5.87. The highest BCUT2D eigenvalue weighted by Gasteiger charge is 2.20. The molecule has 0 amide bonds. The number of hydrogen-bond donors (Lipinski definition) is 1. The van der Waals surface area contributed by atoms with Crippen molar-refractivity contribution < 1.29 is 4.74 Å². The molecular formula is C15H18N2O. The maximum atomic E-state index is 5.91. The van der Waals surface area contributed by atoms with E-state index < -0.39 is 0 Å². The van der Waals surface area contributed by atoms with Crippen LogP contribution in [0.4, 0.5) is 5.69 Å². The molecule has 0 atom stereocenters. The number of nitrogens with two attached hydrogens (primary N) is 1. The summed E-state index contributed by atoms with van der Waals surface area (Å²) in [5.41, 5.74) is 8.51. The van der Waals surface area contributed by atoms with Crippen LogP contribution in [0, 0.1) is 12.8 Å². The molecule has 3 nitrogen and oxygen atoms in total. The van der Waals surface area contributed by atoms with Crippen LogP contribution in [0.1, 0.15) is 25.0 Å². The smallest absolute Gasteiger partial charge is 0.130 e. The first kappa shape index (κ1) is 11.3. The molecule has 94 valence electrons. The van der Waals surface area contributed by atoms with E-state index in [9.17, 15) is 0 Å². The second kappa shape index (κ2) is 4.48. The van der Waals surface area contributed by atoms with Gasteiger partial charge in [-0.2, -0.15) is 0 Å². The number of nitrogens with zero attached hydrogens (tertiary/aromatic N) is 1. The fourth-order valence-electron chi connectivity index (χ4n) is 2.20. The quantitative estimate of drug-likeness (QED) is 0.837. The Balaban J connectivity index is 1.89. The summed E-state index contributed by atoms with van der Waals surface area (Å²) in [7, 11) is 0. The standard InChI is InChI=1S/C15H18N2O/c1-10-8-15(18-7-6-11-2-3-11)13-9-12(16)4-5-14(13)17-10/h4-5,8-9,11H,2-3,6-7,16H2,1H3. The van der Waals surface area contributed by atoms with Gasteiger partial charge in [0.25, 0.3) is 0 Å². The van der Waals surface area contributed by atoms with Gasteiger partial charge >= 0.3 is 0 Å². The highest BCUT2D eigenvalue weighted by atomic mass is 16.5. The Morgan fingerprint density at radius 3 is 2.94 bits per heavy atom. The number of aryl methyl sites for hydroxylation is 1. The van der Waals surface area contributed by atoms with Crippen LogP contribution in [-0.4, -0.2) is 11.6 Å². The molecule has 1 aliphatic rings. The van der Waals surface area contributed by atoms with Gasteiger partial charge in [0, 0.05) is 22.8 Å². The largest absolute Gasteiger partial charge is 0.493 e. The van der Waals surface area contributed by atoms with Gasteiger partial charge in [-0.1, -0.05) is 12.8 Å². The SMILES string of the molecule is Cc1cc(OCCC2CC2)c2cc(N)ccc2n1. The van der Waals surface area contributed by atoms with Crippen molar-refractivity contribution in [2.24, 2.45) is 5.92 Å². The monoisotopic (exact) mass is 242 g/mol. The molecule has 3 heteroatoms. The van der Waals surface area contributed by atoms with Gasteiger partial charge in [0.15, 0.2) is 0 Å². The summed E-state index contributed by atoms with van der Waals surface area (Å²) in [6.07, 6.45) is 3.89. The van der Waals surface area contributed by atoms with Crippen molar-refractivity contribution in [3.8, 4) is 5.75 Å². The maximum absolute atomic E-state index is 5.91. The van der Waals surface area contributed by atoms with Gasteiger partial charge in [-0.3, -0.25) is 4.98 Å². The zero-order chi connectivity index (χ0) is 12.5. The van der Waals surface area contributed by atoms with Crippen LogP contribution in [0.3, 0.4) is 0 Å². The first-order valence-electron chi connectivity index (χ1n) is 6.52. The molecule has 18 heavy (non-hydrogen) atoms. The van der Waals surface area contributed by atoms with Crippen LogP contribution in [0.2, 0.25) is 0 Å². The van der Waals surface area contributed by atoms with E-state index >= 15 is 0 Å². The number of pyridine rings is 1. The molecule has 0 aliphatic heterocycles. The number of aromatic nitrogens is 1. The number of nitrogen functional groups attached to an aromatic ring is 1. The molecule has 1 aromatic carbocycles. The third-order valence-corrected chi connectivity index (χ3v) is 3.40. The van der Waals surface area contributed by atoms with Gasteiger partial charge in [0.2, 0.25) is 0 Å². The zero-order valence-corrected chi connectivity index (χ0v) is 10.6. The maximum Gasteiger partial charge on any atom is 0.130 e. The third-order valence-electron chi connectivity index (χ3n) is 3.40. The molecule has 1 fully saturated rings. The molecular weight excluding hydrogens is 224 g/mol. The Hall–Kier alpha value is -1.77. The van der Waals surface area contributed by atoms with Gasteiger partial charge < -0.3 is 10.5 Å². The second-order valence-electron chi connectivity index (χ2n) is 5.12. The average Bonchev–Trinajstić information content (AvgIpc) is 3.14. The summed E-state index contributed by atoms with van der Waals surface area (Å²) >= 11 is 0. The summed E-state index contributed by atoms with van der Waals surface area (Å²) < 4.78 is 5.91. The summed E-state index contributed by atoms with van der Waals surface area (Å²) in [6, 6.07) is 7.76. The Morgan fingerprint density at radius 2 is 2.17 bits per heavy atom. The molecule has 0 saturated heterocycles. The summed E-state index contributed by atoms with van der Waals surface area (Å²) in [4.78, 5) is 4.50. The Bertz CT molecular complexity index is 576. The number of hydrogen-bond acceptors (Lipinski definition) is 3. The van der Waals surface area contributed by atoms with E-state index in [0.717, 1.165) is 47.0 Å².